The summed E-state index contributed by atoms with van der Waals surface area (Å²) in [6.45, 7) is 0. The molecule has 10 nitrogen and oxygen atoms in total. The Bertz CT molecular complexity index is 1620. The number of tetrazole rings is 1. The summed E-state index contributed by atoms with van der Waals surface area (Å²) in [6.07, 6.45) is 6.10. The number of hydrogen-bond acceptors (Lipinski definition) is 6. The number of carbonyl (C=O) groups is 2. The van der Waals surface area contributed by atoms with Crippen LogP contribution in [0, 0.1) is 11.6 Å². The molecule has 0 spiro atoms. The van der Waals surface area contributed by atoms with Crippen molar-refractivity contribution in [2.24, 2.45) is 5.73 Å². The highest BCUT2D eigenvalue weighted by atomic mass is 35.5. The summed E-state index contributed by atoms with van der Waals surface area (Å²) in [5.41, 5.74) is 6.97. The van der Waals surface area contributed by atoms with Gasteiger partial charge in [-0.2, -0.15) is 4.68 Å². The molecule has 0 unspecified atom stereocenters. The second-order valence-corrected chi connectivity index (χ2v) is 9.51. The third kappa shape index (κ3) is 3.93. The molecule has 3 N–H and O–H groups in total. The van der Waals surface area contributed by atoms with Gasteiger partial charge >= 0.3 is 0 Å². The zero-order chi connectivity index (χ0) is 26.6. The Morgan fingerprint density at radius 3 is 2.76 bits per heavy atom. The van der Waals surface area contributed by atoms with Crippen LogP contribution in [0.15, 0.2) is 48.9 Å². The van der Waals surface area contributed by atoms with Crippen molar-refractivity contribution in [1.82, 2.24) is 35.1 Å². The molecule has 4 aromatic rings. The van der Waals surface area contributed by atoms with Crippen LogP contribution in [0.4, 0.5) is 8.78 Å². The largest absolute Gasteiger partial charge is 0.366 e. The fourth-order valence-corrected chi connectivity index (χ4v) is 5.39. The lowest BCUT2D eigenvalue weighted by atomic mass is 9.92. The molecule has 38 heavy (non-hydrogen) atoms. The van der Waals surface area contributed by atoms with E-state index in [2.05, 4.69) is 25.5 Å². The molecule has 1 fully saturated rings. The summed E-state index contributed by atoms with van der Waals surface area (Å²) in [6, 6.07) is 6.57. The second-order valence-electron chi connectivity index (χ2n) is 9.11. The average molecular weight is 537 g/mol. The number of aromatic nitrogens is 6. The monoisotopic (exact) mass is 536 g/mol. The van der Waals surface area contributed by atoms with Gasteiger partial charge in [0.1, 0.15) is 18.0 Å². The average Bonchev–Trinajstić information content (AvgIpc) is 3.66. The van der Waals surface area contributed by atoms with Crippen molar-refractivity contribution in [3.8, 4) is 16.9 Å². The molecule has 2 aromatic carbocycles. The Morgan fingerprint density at radius 2 is 2.03 bits per heavy atom. The zero-order valence-corrected chi connectivity index (χ0v) is 20.4. The summed E-state index contributed by atoms with van der Waals surface area (Å²) < 4.78 is 30.9. The molecular weight excluding hydrogens is 518 g/mol. The van der Waals surface area contributed by atoms with Gasteiger partial charge in [-0.1, -0.05) is 17.7 Å². The summed E-state index contributed by atoms with van der Waals surface area (Å²) in [7, 11) is 0. The molecule has 2 atom stereocenters. The predicted octanol–water partition coefficient (Wildman–Crippen LogP) is 3.60. The summed E-state index contributed by atoms with van der Waals surface area (Å²) in [5, 5.41) is 11.0. The van der Waals surface area contributed by atoms with E-state index in [1.54, 1.807) is 23.2 Å². The van der Waals surface area contributed by atoms with Crippen molar-refractivity contribution in [1.29, 1.82) is 0 Å². The summed E-state index contributed by atoms with van der Waals surface area (Å²) in [5.74, 6) is -1.97. The first-order valence-corrected chi connectivity index (χ1v) is 12.1. The summed E-state index contributed by atoms with van der Waals surface area (Å²) >= 11 is 6.09. The van der Waals surface area contributed by atoms with Crippen LogP contribution in [-0.2, 0) is 4.79 Å². The molecule has 0 radical (unpaired) electrons. The van der Waals surface area contributed by atoms with Gasteiger partial charge in [0.2, 0.25) is 5.91 Å². The quantitative estimate of drug-likeness (QED) is 0.400. The maximum Gasteiger partial charge on any atom is 0.251 e. The fourth-order valence-electron chi connectivity index (χ4n) is 5.23. The van der Waals surface area contributed by atoms with Crippen molar-refractivity contribution < 1.29 is 18.4 Å². The van der Waals surface area contributed by atoms with Crippen molar-refractivity contribution in [2.75, 3.05) is 0 Å². The first kappa shape index (κ1) is 23.9. The number of aromatic amines is 1. The molecule has 2 aromatic heterocycles. The minimum atomic E-state index is -0.854. The smallest absolute Gasteiger partial charge is 0.251 e. The molecule has 4 heterocycles. The highest BCUT2D eigenvalue weighted by Gasteiger charge is 2.42. The Morgan fingerprint density at radius 1 is 1.18 bits per heavy atom. The van der Waals surface area contributed by atoms with Crippen molar-refractivity contribution in [3.63, 3.8) is 0 Å². The van der Waals surface area contributed by atoms with Crippen LogP contribution in [0.5, 0.6) is 0 Å². The Balaban J connectivity index is 1.30. The number of imidazole rings is 1. The fraction of sp³-hybridized carbons (Fsp3) is 0.200. The first-order chi connectivity index (χ1) is 18.3. The van der Waals surface area contributed by atoms with Gasteiger partial charge in [-0.05, 0) is 59.5 Å². The van der Waals surface area contributed by atoms with Gasteiger partial charge in [0.15, 0.2) is 5.82 Å². The minimum Gasteiger partial charge on any atom is -0.366 e. The molecule has 0 saturated carbocycles. The number of nitrogens with zero attached hydrogens (tertiary/aromatic N) is 6. The van der Waals surface area contributed by atoms with Gasteiger partial charge in [-0.15, -0.1) is 5.10 Å². The third-order valence-corrected chi connectivity index (χ3v) is 7.24. The molecule has 6 rings (SSSR count). The van der Waals surface area contributed by atoms with E-state index in [9.17, 15) is 14.0 Å². The maximum atomic E-state index is 15.3. The molecular formula is C25H19ClF2N8O2. The number of H-pyrrole nitrogens is 1. The van der Waals surface area contributed by atoms with Crippen LogP contribution in [0.25, 0.3) is 22.5 Å². The highest BCUT2D eigenvalue weighted by molar-refractivity contribution is 6.31. The van der Waals surface area contributed by atoms with E-state index < -0.39 is 17.5 Å². The molecule has 13 heteroatoms. The Labute approximate surface area is 219 Å². The maximum absolute atomic E-state index is 15.3. The van der Waals surface area contributed by atoms with Crippen LogP contribution in [0.1, 0.15) is 47.1 Å². The lowest BCUT2D eigenvalue weighted by Crippen LogP contribution is -2.39. The van der Waals surface area contributed by atoms with Crippen LogP contribution in [-0.4, -0.2) is 52.9 Å². The molecule has 0 aliphatic carbocycles. The number of nitrogens with one attached hydrogen (secondary N) is 1. The topological polar surface area (TPSA) is 136 Å². The zero-order valence-electron chi connectivity index (χ0n) is 19.6. The van der Waals surface area contributed by atoms with Gasteiger partial charge in [0.25, 0.3) is 5.91 Å². The van der Waals surface area contributed by atoms with E-state index in [4.69, 9.17) is 17.3 Å². The van der Waals surface area contributed by atoms with E-state index in [0.717, 1.165) is 0 Å². The van der Waals surface area contributed by atoms with Crippen molar-refractivity contribution in [2.45, 2.75) is 31.3 Å². The van der Waals surface area contributed by atoms with E-state index in [0.29, 0.717) is 47.6 Å². The van der Waals surface area contributed by atoms with Crippen LogP contribution in [0.2, 0.25) is 5.02 Å². The number of halogens is 3. The number of nitrogens with two attached hydrogens (primary N) is 1. The van der Waals surface area contributed by atoms with Crippen LogP contribution in [0.3, 0.4) is 0 Å². The predicted molar refractivity (Wildman–Crippen MR) is 132 cm³/mol. The first-order valence-electron chi connectivity index (χ1n) is 11.7. The van der Waals surface area contributed by atoms with E-state index in [1.807, 2.05) is 0 Å². The van der Waals surface area contributed by atoms with E-state index >= 15 is 4.39 Å². The second kappa shape index (κ2) is 9.14. The molecule has 1 saturated heterocycles. The number of fused-ring (bicyclic) bond motifs is 1. The number of hydrogen-bond donors (Lipinski definition) is 2. The third-order valence-electron chi connectivity index (χ3n) is 6.94. The normalized spacial score (nSPS) is 19.0. The number of primary amides is 1. The lowest BCUT2D eigenvalue weighted by molar-refractivity contribution is -0.129. The highest BCUT2D eigenvalue weighted by Crippen LogP contribution is 2.44. The van der Waals surface area contributed by atoms with E-state index in [-0.39, 0.29) is 34.1 Å². The van der Waals surface area contributed by atoms with Crippen LogP contribution >= 0.6 is 11.6 Å². The molecule has 2 amide bonds. The Hall–Kier alpha value is -4.45. The number of carbonyl (C=O) groups excluding carboxylic acids is 2. The molecule has 0 bridgehead atoms. The van der Waals surface area contributed by atoms with Crippen LogP contribution < -0.4 is 5.73 Å². The van der Waals surface area contributed by atoms with E-state index in [1.165, 1.54) is 35.3 Å². The number of amides is 2. The number of benzene rings is 2. The van der Waals surface area contributed by atoms with Gasteiger partial charge in [-0.3, -0.25) is 9.59 Å². The summed E-state index contributed by atoms with van der Waals surface area (Å²) in [4.78, 5) is 34.1. The molecule has 2 aliphatic rings. The molecule has 192 valence electrons. The minimum absolute atomic E-state index is 0.0692. The van der Waals surface area contributed by atoms with Gasteiger partial charge in [0.05, 0.1) is 28.0 Å². The van der Waals surface area contributed by atoms with Crippen molar-refractivity contribution >= 4 is 29.0 Å². The van der Waals surface area contributed by atoms with Crippen molar-refractivity contribution in [3.05, 3.63) is 82.5 Å². The Kier molecular flexibility index (Phi) is 5.75. The van der Waals surface area contributed by atoms with Gasteiger partial charge in [-0.25, -0.2) is 13.8 Å². The van der Waals surface area contributed by atoms with Gasteiger partial charge < -0.3 is 15.6 Å². The van der Waals surface area contributed by atoms with Gasteiger partial charge in [0, 0.05) is 29.4 Å². The molecule has 2 aliphatic heterocycles. The lowest BCUT2D eigenvalue weighted by Gasteiger charge is -2.33. The number of rotatable bonds is 5. The standard InChI is InChI=1S/C25H19ClF2N8O2/c26-16-4-6-19(35-11-31-33-34-35)22(23(16)28)13-7-14-2-5-20(36(14)21(37)9-13)25-30-10-18(32-25)12-1-3-15(24(29)38)17(27)8-12/h1,3-4,6,8-11,14,20H,2,5,7H2,(H2,29,38)(H,30,32)/t14-,20+/m1/s1. The SMILES string of the molecule is NC(=O)c1ccc(-c2c[nH]c([C@@H]3CC[C@@H]4CC(c5c(-n6cnnn6)ccc(Cl)c5F)=CC(=O)N43)n2)cc1F.